The Morgan fingerprint density at radius 2 is 1.93 bits per heavy atom. The van der Waals surface area contributed by atoms with Crippen LogP contribution in [0.2, 0.25) is 0 Å². The maximum atomic E-state index is 13.3. The number of carbonyl (C=O) groups is 1. The predicted molar refractivity (Wildman–Crippen MR) is 114 cm³/mol. The van der Waals surface area contributed by atoms with Crippen molar-refractivity contribution in [2.75, 3.05) is 49.1 Å². The molecule has 2 aromatic heterocycles. The number of nitrogens with zero attached hydrogens (tertiary/aromatic N) is 6. The Morgan fingerprint density at radius 3 is 2.63 bits per heavy atom. The Balaban J connectivity index is 1.81. The molecule has 0 bridgehead atoms. The zero-order chi connectivity index (χ0) is 21.3. The summed E-state index contributed by atoms with van der Waals surface area (Å²) in [7, 11) is 1.68. The van der Waals surface area contributed by atoms with E-state index in [0.717, 1.165) is 32.6 Å². The van der Waals surface area contributed by atoms with E-state index >= 15 is 0 Å². The predicted octanol–water partition coefficient (Wildman–Crippen LogP) is -0.136. The van der Waals surface area contributed by atoms with Crippen LogP contribution in [0, 0.1) is 17.8 Å². The first-order chi connectivity index (χ1) is 14.5. The van der Waals surface area contributed by atoms with Gasteiger partial charge in [0.1, 0.15) is 0 Å². The molecule has 0 aromatic carbocycles. The summed E-state index contributed by atoms with van der Waals surface area (Å²) in [6.45, 7) is 6.44. The van der Waals surface area contributed by atoms with Crippen molar-refractivity contribution in [3.05, 3.63) is 10.4 Å². The lowest BCUT2D eigenvalue weighted by Crippen LogP contribution is -2.44. The zero-order valence-corrected chi connectivity index (χ0v) is 17.4. The summed E-state index contributed by atoms with van der Waals surface area (Å²) in [5.41, 5.74) is 0.626. The number of carboxylic acids is 1. The third-order valence-corrected chi connectivity index (χ3v) is 5.81. The van der Waals surface area contributed by atoms with Crippen molar-refractivity contribution >= 4 is 29.0 Å². The number of fused-ring (bicyclic) bond motifs is 1. The van der Waals surface area contributed by atoms with Gasteiger partial charge in [-0.05, 0) is 19.8 Å². The summed E-state index contributed by atoms with van der Waals surface area (Å²) in [5.74, 6) is 5.84. The van der Waals surface area contributed by atoms with Crippen molar-refractivity contribution in [1.29, 1.82) is 0 Å². The van der Waals surface area contributed by atoms with Gasteiger partial charge in [-0.2, -0.15) is 9.97 Å². The van der Waals surface area contributed by atoms with Crippen LogP contribution in [0.25, 0.3) is 11.2 Å². The molecule has 0 spiro atoms. The average Bonchev–Trinajstić information content (AvgIpc) is 3.14. The number of hydrogen-bond donors (Lipinski definition) is 2. The van der Waals surface area contributed by atoms with Gasteiger partial charge in [0, 0.05) is 46.3 Å². The second kappa shape index (κ2) is 8.36. The molecule has 2 aliphatic rings. The normalized spacial score (nSPS) is 19.6. The SMILES string of the molecule is CC#CCn1c(N2CCNCC2)nc2nc(N3CCCC(C(=O)O)C3)n(C)c(=O)c21. The number of anilines is 2. The van der Waals surface area contributed by atoms with Crippen LogP contribution < -0.4 is 20.7 Å². The molecule has 0 amide bonds. The second-order valence-electron chi connectivity index (χ2n) is 7.73. The van der Waals surface area contributed by atoms with Crippen LogP contribution in [0.5, 0.6) is 0 Å². The molecule has 10 nitrogen and oxygen atoms in total. The molecular weight excluding hydrogens is 386 g/mol. The quantitative estimate of drug-likeness (QED) is 0.667. The van der Waals surface area contributed by atoms with Crippen molar-refractivity contribution in [2.45, 2.75) is 26.3 Å². The fourth-order valence-electron chi connectivity index (χ4n) is 4.19. The van der Waals surface area contributed by atoms with E-state index < -0.39 is 11.9 Å². The number of aromatic nitrogens is 4. The van der Waals surface area contributed by atoms with Crippen molar-refractivity contribution < 1.29 is 9.90 Å². The summed E-state index contributed by atoms with van der Waals surface area (Å²) >= 11 is 0. The topological polar surface area (TPSA) is 109 Å². The molecule has 2 saturated heterocycles. The third kappa shape index (κ3) is 3.61. The molecule has 2 fully saturated rings. The van der Waals surface area contributed by atoms with Crippen LogP contribution >= 0.6 is 0 Å². The maximum Gasteiger partial charge on any atom is 0.308 e. The molecule has 10 heteroatoms. The van der Waals surface area contributed by atoms with Gasteiger partial charge in [0.05, 0.1) is 12.5 Å². The molecule has 2 aliphatic heterocycles. The summed E-state index contributed by atoms with van der Waals surface area (Å²) in [6.07, 6.45) is 1.39. The Kier molecular flexibility index (Phi) is 5.63. The number of piperidine rings is 1. The standard InChI is InChI=1S/C20H27N7O3/c1-3-4-10-27-15-16(23-20(27)25-11-7-21-8-12-25)22-19(24(2)17(15)28)26-9-5-6-14(13-26)18(29)30/h14,21H,5-13H2,1-2H3,(H,29,30). The first-order valence-electron chi connectivity index (χ1n) is 10.3. The molecule has 1 atom stereocenters. The van der Waals surface area contributed by atoms with Gasteiger partial charge >= 0.3 is 5.97 Å². The third-order valence-electron chi connectivity index (χ3n) is 5.81. The minimum atomic E-state index is -0.811. The van der Waals surface area contributed by atoms with E-state index in [1.807, 2.05) is 9.47 Å². The summed E-state index contributed by atoms with van der Waals surface area (Å²) in [6, 6.07) is 0. The molecule has 2 aromatic rings. The molecule has 30 heavy (non-hydrogen) atoms. The first kappa shape index (κ1) is 20.2. The van der Waals surface area contributed by atoms with Gasteiger partial charge in [-0.25, -0.2) is 0 Å². The van der Waals surface area contributed by atoms with E-state index in [9.17, 15) is 14.7 Å². The molecule has 0 aliphatic carbocycles. The van der Waals surface area contributed by atoms with Gasteiger partial charge in [-0.15, -0.1) is 5.92 Å². The van der Waals surface area contributed by atoms with E-state index in [4.69, 9.17) is 9.97 Å². The van der Waals surface area contributed by atoms with Crippen LogP contribution in [0.1, 0.15) is 19.8 Å². The fourth-order valence-corrected chi connectivity index (χ4v) is 4.19. The Bertz CT molecular complexity index is 1070. The van der Waals surface area contributed by atoms with E-state index in [1.54, 1.807) is 14.0 Å². The maximum absolute atomic E-state index is 13.3. The lowest BCUT2D eigenvalue weighted by Gasteiger charge is -2.32. The van der Waals surface area contributed by atoms with Crippen molar-refractivity contribution in [3.63, 3.8) is 0 Å². The van der Waals surface area contributed by atoms with Crippen LogP contribution in [0.4, 0.5) is 11.9 Å². The van der Waals surface area contributed by atoms with E-state index in [-0.39, 0.29) is 5.56 Å². The van der Waals surface area contributed by atoms with Crippen LogP contribution in [-0.4, -0.2) is 69.4 Å². The van der Waals surface area contributed by atoms with Crippen molar-refractivity contribution in [2.24, 2.45) is 13.0 Å². The Hall–Kier alpha value is -3.06. The minimum Gasteiger partial charge on any atom is -0.481 e. The van der Waals surface area contributed by atoms with Gasteiger partial charge in [0.25, 0.3) is 5.56 Å². The van der Waals surface area contributed by atoms with Gasteiger partial charge in [-0.3, -0.25) is 18.7 Å². The zero-order valence-electron chi connectivity index (χ0n) is 17.4. The molecular formula is C20H27N7O3. The highest BCUT2D eigenvalue weighted by Crippen LogP contribution is 2.25. The first-order valence-corrected chi connectivity index (χ1v) is 10.3. The van der Waals surface area contributed by atoms with E-state index in [0.29, 0.717) is 49.1 Å². The van der Waals surface area contributed by atoms with Gasteiger partial charge in [0.2, 0.25) is 11.9 Å². The van der Waals surface area contributed by atoms with Gasteiger partial charge in [-0.1, -0.05) is 5.92 Å². The molecule has 0 radical (unpaired) electrons. The highest BCUT2D eigenvalue weighted by atomic mass is 16.4. The largest absolute Gasteiger partial charge is 0.481 e. The van der Waals surface area contributed by atoms with Gasteiger partial charge < -0.3 is 20.2 Å². The second-order valence-corrected chi connectivity index (χ2v) is 7.73. The number of nitrogens with one attached hydrogen (secondary N) is 1. The van der Waals surface area contributed by atoms with Gasteiger partial charge in [0.15, 0.2) is 11.2 Å². The Morgan fingerprint density at radius 1 is 1.20 bits per heavy atom. The molecule has 0 saturated carbocycles. The summed E-state index contributed by atoms with van der Waals surface area (Å²) in [5, 5.41) is 12.7. The summed E-state index contributed by atoms with van der Waals surface area (Å²) < 4.78 is 3.36. The smallest absolute Gasteiger partial charge is 0.308 e. The van der Waals surface area contributed by atoms with Crippen molar-refractivity contribution in [3.8, 4) is 11.8 Å². The molecule has 2 N–H and O–H groups in total. The molecule has 160 valence electrons. The molecule has 1 unspecified atom stereocenters. The van der Waals surface area contributed by atoms with E-state index in [2.05, 4.69) is 22.1 Å². The average molecular weight is 413 g/mol. The van der Waals surface area contributed by atoms with Crippen molar-refractivity contribution in [1.82, 2.24) is 24.4 Å². The number of piperazine rings is 1. The lowest BCUT2D eigenvalue weighted by atomic mass is 9.99. The number of hydrogen-bond acceptors (Lipinski definition) is 7. The highest BCUT2D eigenvalue weighted by molar-refractivity contribution is 5.76. The molecule has 4 heterocycles. The highest BCUT2D eigenvalue weighted by Gasteiger charge is 2.29. The van der Waals surface area contributed by atoms with Crippen LogP contribution in [-0.2, 0) is 18.4 Å². The number of aliphatic carboxylic acids is 1. The van der Waals surface area contributed by atoms with E-state index in [1.165, 1.54) is 4.57 Å². The lowest BCUT2D eigenvalue weighted by molar-refractivity contribution is -0.141. The Labute approximate surface area is 174 Å². The number of rotatable bonds is 4. The molecule has 4 rings (SSSR count). The minimum absolute atomic E-state index is 0.195. The monoisotopic (exact) mass is 413 g/mol. The number of carboxylic acid groups (broad SMARTS) is 1. The van der Waals surface area contributed by atoms with Crippen LogP contribution in [0.3, 0.4) is 0 Å². The summed E-state index contributed by atoms with van der Waals surface area (Å²) in [4.78, 5) is 38.3. The fraction of sp³-hybridized carbons (Fsp3) is 0.600. The number of imidazole rings is 1. The van der Waals surface area contributed by atoms with Crippen LogP contribution in [0.15, 0.2) is 4.79 Å².